The fourth-order valence-electron chi connectivity index (χ4n) is 3.99. The van der Waals surface area contributed by atoms with Crippen molar-refractivity contribution in [2.75, 3.05) is 5.32 Å². The standard InChI is InChI=1S/C29H40N4O6/c1-8-29(6,7)33(26(37)22(17-23(30)35)32-27(38)39-28(3,4)5)24(19-13-11-14-20(34)16-19)25(36)31-21-15-10-9-12-18(21)2/h9-16,22,24,34H,8,17H2,1-7H3,(H2,30,35)(H,31,36)(H,32,38). The van der Waals surface area contributed by atoms with E-state index in [2.05, 4.69) is 10.6 Å². The van der Waals surface area contributed by atoms with Crippen molar-refractivity contribution in [3.05, 3.63) is 59.7 Å². The number of para-hydroxylation sites is 1. The van der Waals surface area contributed by atoms with Crippen LogP contribution >= 0.6 is 0 Å². The van der Waals surface area contributed by atoms with Crippen LogP contribution in [-0.2, 0) is 19.1 Å². The van der Waals surface area contributed by atoms with Gasteiger partial charge in [-0.25, -0.2) is 4.79 Å². The fraction of sp³-hybridized carbons (Fsp3) is 0.448. The maximum absolute atomic E-state index is 14.2. The summed E-state index contributed by atoms with van der Waals surface area (Å²) in [5.74, 6) is -2.17. The Morgan fingerprint density at radius 1 is 1.03 bits per heavy atom. The lowest BCUT2D eigenvalue weighted by Gasteiger charge is -2.44. The van der Waals surface area contributed by atoms with Crippen LogP contribution in [-0.4, -0.2) is 51.0 Å². The van der Waals surface area contributed by atoms with Crippen LogP contribution in [0, 0.1) is 6.92 Å². The van der Waals surface area contributed by atoms with Crippen LogP contribution < -0.4 is 16.4 Å². The van der Waals surface area contributed by atoms with Crippen molar-refractivity contribution < 1.29 is 29.0 Å². The van der Waals surface area contributed by atoms with E-state index >= 15 is 0 Å². The highest BCUT2D eigenvalue weighted by molar-refractivity contribution is 6.00. The number of hydrogen-bond donors (Lipinski definition) is 4. The SMILES string of the molecule is CCC(C)(C)N(C(=O)C(CC(N)=O)NC(=O)OC(C)(C)C)C(C(=O)Nc1ccccc1C)c1cccc(O)c1. The fourth-order valence-corrected chi connectivity index (χ4v) is 3.99. The van der Waals surface area contributed by atoms with Gasteiger partial charge < -0.3 is 31.1 Å². The first kappa shape index (κ1) is 31.1. The number of aryl methyl sites for hydroxylation is 1. The molecule has 0 heterocycles. The number of alkyl carbamates (subject to hydrolysis) is 1. The summed E-state index contributed by atoms with van der Waals surface area (Å²) in [6, 6.07) is 10.6. The molecule has 4 amide bonds. The molecule has 0 aromatic heterocycles. The first-order valence-corrected chi connectivity index (χ1v) is 12.8. The van der Waals surface area contributed by atoms with E-state index in [0.717, 1.165) is 5.56 Å². The van der Waals surface area contributed by atoms with Gasteiger partial charge in [0.25, 0.3) is 5.91 Å². The van der Waals surface area contributed by atoms with E-state index in [0.29, 0.717) is 17.7 Å². The Labute approximate surface area is 229 Å². The minimum Gasteiger partial charge on any atom is -0.508 e. The summed E-state index contributed by atoms with van der Waals surface area (Å²) in [6.45, 7) is 12.2. The Morgan fingerprint density at radius 3 is 2.21 bits per heavy atom. The number of nitrogens with two attached hydrogens (primary N) is 1. The van der Waals surface area contributed by atoms with Gasteiger partial charge in [0.15, 0.2) is 0 Å². The van der Waals surface area contributed by atoms with Gasteiger partial charge in [-0.15, -0.1) is 0 Å². The summed E-state index contributed by atoms with van der Waals surface area (Å²) < 4.78 is 5.31. The Balaban J connectivity index is 2.66. The molecule has 2 aromatic rings. The number of primary amides is 1. The molecule has 0 aliphatic rings. The molecule has 39 heavy (non-hydrogen) atoms. The van der Waals surface area contributed by atoms with Crippen molar-refractivity contribution in [2.24, 2.45) is 5.73 Å². The molecule has 0 radical (unpaired) electrons. The van der Waals surface area contributed by atoms with Crippen molar-refractivity contribution in [2.45, 2.75) is 84.5 Å². The number of ether oxygens (including phenoxy) is 1. The number of aromatic hydroxyl groups is 1. The van der Waals surface area contributed by atoms with Crippen LogP contribution in [0.1, 0.15) is 71.6 Å². The van der Waals surface area contributed by atoms with E-state index in [-0.39, 0.29) is 5.75 Å². The zero-order valence-corrected chi connectivity index (χ0v) is 23.7. The third-order valence-corrected chi connectivity index (χ3v) is 6.24. The topological polar surface area (TPSA) is 151 Å². The van der Waals surface area contributed by atoms with Crippen molar-refractivity contribution in [3.8, 4) is 5.75 Å². The number of hydrogen-bond acceptors (Lipinski definition) is 6. The second kappa shape index (κ2) is 12.6. The highest BCUT2D eigenvalue weighted by Crippen LogP contribution is 2.34. The summed E-state index contributed by atoms with van der Waals surface area (Å²) >= 11 is 0. The molecule has 0 aliphatic heterocycles. The Morgan fingerprint density at radius 2 is 1.67 bits per heavy atom. The van der Waals surface area contributed by atoms with E-state index < -0.39 is 53.5 Å². The van der Waals surface area contributed by atoms with Crippen molar-refractivity contribution in [1.29, 1.82) is 0 Å². The van der Waals surface area contributed by atoms with Gasteiger partial charge in [0.05, 0.1) is 6.42 Å². The summed E-state index contributed by atoms with van der Waals surface area (Å²) in [7, 11) is 0. The monoisotopic (exact) mass is 540 g/mol. The van der Waals surface area contributed by atoms with Gasteiger partial charge in [-0.1, -0.05) is 37.3 Å². The van der Waals surface area contributed by atoms with Crippen LogP contribution in [0.4, 0.5) is 10.5 Å². The minimum atomic E-state index is -1.41. The molecule has 212 valence electrons. The van der Waals surface area contributed by atoms with Gasteiger partial charge >= 0.3 is 6.09 Å². The number of nitrogens with zero attached hydrogens (tertiary/aromatic N) is 1. The molecular formula is C29H40N4O6. The van der Waals surface area contributed by atoms with Crippen molar-refractivity contribution in [1.82, 2.24) is 10.2 Å². The lowest BCUT2D eigenvalue weighted by Crippen LogP contribution is -2.59. The molecule has 0 aliphatic carbocycles. The predicted molar refractivity (Wildman–Crippen MR) is 149 cm³/mol. The average Bonchev–Trinajstić information content (AvgIpc) is 2.81. The van der Waals surface area contributed by atoms with Gasteiger partial charge in [0, 0.05) is 11.2 Å². The molecule has 2 aromatic carbocycles. The molecule has 5 N–H and O–H groups in total. The third kappa shape index (κ3) is 8.73. The van der Waals surface area contributed by atoms with Crippen molar-refractivity contribution in [3.63, 3.8) is 0 Å². The second-order valence-electron chi connectivity index (χ2n) is 11.0. The first-order valence-electron chi connectivity index (χ1n) is 12.8. The molecule has 0 spiro atoms. The van der Waals surface area contributed by atoms with Crippen LogP contribution in [0.5, 0.6) is 5.75 Å². The Bertz CT molecular complexity index is 1200. The number of rotatable bonds is 10. The van der Waals surface area contributed by atoms with E-state index in [9.17, 15) is 24.3 Å². The molecule has 0 saturated carbocycles. The summed E-state index contributed by atoms with van der Waals surface area (Å²) in [5, 5.41) is 15.6. The van der Waals surface area contributed by atoms with Gasteiger partial charge in [-0.2, -0.15) is 0 Å². The maximum atomic E-state index is 14.2. The molecule has 0 bridgehead atoms. The summed E-state index contributed by atoms with van der Waals surface area (Å²) in [4.78, 5) is 54.1. The van der Waals surface area contributed by atoms with Crippen LogP contribution in [0.15, 0.2) is 48.5 Å². The number of carbonyl (C=O) groups excluding carboxylic acids is 4. The summed E-state index contributed by atoms with van der Waals surface area (Å²) in [5.41, 5.74) is 5.35. The molecule has 0 fully saturated rings. The third-order valence-electron chi connectivity index (χ3n) is 6.24. The van der Waals surface area contributed by atoms with Gasteiger partial charge in [0.1, 0.15) is 23.4 Å². The number of amides is 4. The largest absolute Gasteiger partial charge is 0.508 e. The first-order chi connectivity index (χ1) is 18.1. The van der Waals surface area contributed by atoms with Gasteiger partial charge in [0.2, 0.25) is 11.8 Å². The molecular weight excluding hydrogens is 500 g/mol. The van der Waals surface area contributed by atoms with E-state index in [1.807, 2.05) is 26.0 Å². The molecule has 0 saturated heterocycles. The number of phenolic OH excluding ortho intramolecular Hbond substituents is 1. The van der Waals surface area contributed by atoms with Crippen LogP contribution in [0.3, 0.4) is 0 Å². The molecule has 2 rings (SSSR count). The zero-order valence-electron chi connectivity index (χ0n) is 23.7. The molecule has 10 nitrogen and oxygen atoms in total. The summed E-state index contributed by atoms with van der Waals surface area (Å²) in [6.07, 6.45) is -1.00. The smallest absolute Gasteiger partial charge is 0.408 e. The number of anilines is 1. The Kier molecular flexibility index (Phi) is 10.1. The van der Waals surface area contributed by atoms with Crippen LogP contribution in [0.25, 0.3) is 0 Å². The van der Waals surface area contributed by atoms with E-state index in [1.165, 1.54) is 17.0 Å². The van der Waals surface area contributed by atoms with Gasteiger partial charge in [-0.05, 0) is 77.3 Å². The van der Waals surface area contributed by atoms with E-state index in [4.69, 9.17) is 10.5 Å². The maximum Gasteiger partial charge on any atom is 0.408 e. The molecule has 2 unspecified atom stereocenters. The number of nitrogens with one attached hydrogen (secondary N) is 2. The second-order valence-corrected chi connectivity index (χ2v) is 11.0. The number of carbonyl (C=O) groups is 4. The highest BCUT2D eigenvalue weighted by atomic mass is 16.6. The normalized spacial score (nSPS) is 13.1. The van der Waals surface area contributed by atoms with Gasteiger partial charge in [-0.3, -0.25) is 14.4 Å². The van der Waals surface area contributed by atoms with Crippen molar-refractivity contribution >= 4 is 29.5 Å². The Hall–Kier alpha value is -4.08. The highest BCUT2D eigenvalue weighted by Gasteiger charge is 2.43. The molecule has 10 heteroatoms. The number of benzene rings is 2. The predicted octanol–water partition coefficient (Wildman–Crippen LogP) is 4.17. The lowest BCUT2D eigenvalue weighted by molar-refractivity contribution is -0.148. The average molecular weight is 541 g/mol. The lowest BCUT2D eigenvalue weighted by atomic mass is 9.91. The zero-order chi connectivity index (χ0) is 29.5. The minimum absolute atomic E-state index is 0.0940. The quantitative estimate of drug-likeness (QED) is 0.355. The van der Waals surface area contributed by atoms with Crippen LogP contribution in [0.2, 0.25) is 0 Å². The van der Waals surface area contributed by atoms with E-state index in [1.54, 1.807) is 58.9 Å². The molecule has 2 atom stereocenters. The number of phenols is 1.